The van der Waals surface area contributed by atoms with Gasteiger partial charge in [-0.1, -0.05) is 11.6 Å². The van der Waals surface area contributed by atoms with Gasteiger partial charge in [0.15, 0.2) is 0 Å². The van der Waals surface area contributed by atoms with E-state index in [0.29, 0.717) is 23.7 Å². The predicted molar refractivity (Wildman–Crippen MR) is 64.0 cm³/mol. The van der Waals surface area contributed by atoms with E-state index >= 15 is 0 Å². The first kappa shape index (κ1) is 11.7. The van der Waals surface area contributed by atoms with Crippen molar-refractivity contribution in [1.29, 1.82) is 0 Å². The molecule has 2 rings (SSSR count). The van der Waals surface area contributed by atoms with Crippen molar-refractivity contribution in [2.45, 2.75) is 6.42 Å². The molecule has 0 atom stereocenters. The third-order valence-corrected chi connectivity index (χ3v) is 2.45. The van der Waals surface area contributed by atoms with Crippen LogP contribution >= 0.6 is 11.6 Å². The van der Waals surface area contributed by atoms with Crippen molar-refractivity contribution in [2.75, 3.05) is 6.54 Å². The van der Waals surface area contributed by atoms with Crippen LogP contribution in [-0.4, -0.2) is 17.4 Å². The normalized spacial score (nSPS) is 10.2. The summed E-state index contributed by atoms with van der Waals surface area (Å²) in [7, 11) is 0. The lowest BCUT2D eigenvalue weighted by molar-refractivity contribution is 0.0953. The molecule has 0 saturated carbocycles. The fraction of sp³-hybridized carbons (Fsp3) is 0.167. The van der Waals surface area contributed by atoms with Gasteiger partial charge in [0.05, 0.1) is 11.8 Å². The summed E-state index contributed by atoms with van der Waals surface area (Å²) < 4.78 is 5.16. The molecule has 17 heavy (non-hydrogen) atoms. The molecule has 1 N–H and O–H groups in total. The monoisotopic (exact) mass is 250 g/mol. The van der Waals surface area contributed by atoms with Gasteiger partial charge in [0.1, 0.15) is 10.9 Å². The van der Waals surface area contributed by atoms with Crippen LogP contribution in [0, 0.1) is 0 Å². The lowest BCUT2D eigenvalue weighted by Crippen LogP contribution is -2.25. The van der Waals surface area contributed by atoms with Crippen LogP contribution < -0.4 is 5.32 Å². The average Bonchev–Trinajstić information content (AvgIpc) is 2.83. The maximum absolute atomic E-state index is 11.7. The van der Waals surface area contributed by atoms with E-state index in [-0.39, 0.29) is 5.91 Å². The molecule has 0 aliphatic heterocycles. The van der Waals surface area contributed by atoms with Crippen LogP contribution in [0.3, 0.4) is 0 Å². The van der Waals surface area contributed by atoms with Gasteiger partial charge in [0, 0.05) is 19.2 Å². The predicted octanol–water partition coefficient (Wildman–Crippen LogP) is 2.30. The fourth-order valence-electron chi connectivity index (χ4n) is 1.37. The number of hydrogen-bond donors (Lipinski definition) is 1. The SMILES string of the molecule is O=C(NCCc1ccco1)c1ccc(Cl)nc1. The van der Waals surface area contributed by atoms with Crippen LogP contribution in [0.15, 0.2) is 41.1 Å². The zero-order valence-electron chi connectivity index (χ0n) is 9.02. The number of carbonyl (C=O) groups excluding carboxylic acids is 1. The number of rotatable bonds is 4. The average molecular weight is 251 g/mol. The Balaban J connectivity index is 1.83. The summed E-state index contributed by atoms with van der Waals surface area (Å²) in [6.07, 6.45) is 3.73. The van der Waals surface area contributed by atoms with E-state index in [1.165, 1.54) is 6.20 Å². The number of furan rings is 1. The van der Waals surface area contributed by atoms with Gasteiger partial charge in [0.25, 0.3) is 5.91 Å². The molecule has 0 bridgehead atoms. The Morgan fingerprint density at radius 1 is 1.41 bits per heavy atom. The molecule has 5 heteroatoms. The summed E-state index contributed by atoms with van der Waals surface area (Å²) in [6, 6.07) is 6.91. The Bertz CT molecular complexity index is 480. The van der Waals surface area contributed by atoms with E-state index in [9.17, 15) is 4.79 Å². The van der Waals surface area contributed by atoms with Crippen LogP contribution in [0.4, 0.5) is 0 Å². The molecular weight excluding hydrogens is 240 g/mol. The first-order valence-corrected chi connectivity index (χ1v) is 5.55. The van der Waals surface area contributed by atoms with E-state index in [2.05, 4.69) is 10.3 Å². The van der Waals surface area contributed by atoms with Gasteiger partial charge in [-0.15, -0.1) is 0 Å². The molecule has 2 aromatic rings. The second-order valence-electron chi connectivity index (χ2n) is 3.45. The number of hydrogen-bond acceptors (Lipinski definition) is 3. The molecule has 2 aromatic heterocycles. The van der Waals surface area contributed by atoms with Crippen molar-refractivity contribution in [2.24, 2.45) is 0 Å². The fourth-order valence-corrected chi connectivity index (χ4v) is 1.48. The standard InChI is InChI=1S/C12H11ClN2O2/c13-11-4-3-9(8-15-11)12(16)14-6-5-10-2-1-7-17-10/h1-4,7-8H,5-6H2,(H,14,16). The molecule has 2 heterocycles. The maximum Gasteiger partial charge on any atom is 0.252 e. The highest BCUT2D eigenvalue weighted by Gasteiger charge is 2.05. The number of nitrogens with zero attached hydrogens (tertiary/aromatic N) is 1. The van der Waals surface area contributed by atoms with Crippen molar-refractivity contribution >= 4 is 17.5 Å². The van der Waals surface area contributed by atoms with Crippen LogP contribution in [-0.2, 0) is 6.42 Å². The van der Waals surface area contributed by atoms with Gasteiger partial charge in [0.2, 0.25) is 0 Å². The second-order valence-corrected chi connectivity index (χ2v) is 3.84. The van der Waals surface area contributed by atoms with Crippen molar-refractivity contribution in [3.8, 4) is 0 Å². The Labute approximate surface area is 104 Å². The van der Waals surface area contributed by atoms with E-state index in [0.717, 1.165) is 5.76 Å². The lowest BCUT2D eigenvalue weighted by atomic mass is 10.2. The van der Waals surface area contributed by atoms with Gasteiger partial charge in [-0.25, -0.2) is 4.98 Å². The topological polar surface area (TPSA) is 55.1 Å². The third-order valence-electron chi connectivity index (χ3n) is 2.23. The molecule has 0 aliphatic rings. The largest absolute Gasteiger partial charge is 0.469 e. The van der Waals surface area contributed by atoms with E-state index in [1.54, 1.807) is 18.4 Å². The molecule has 0 aromatic carbocycles. The summed E-state index contributed by atoms with van der Waals surface area (Å²) in [4.78, 5) is 15.5. The van der Waals surface area contributed by atoms with E-state index < -0.39 is 0 Å². The molecule has 4 nitrogen and oxygen atoms in total. The Kier molecular flexibility index (Phi) is 3.77. The number of pyridine rings is 1. The zero-order chi connectivity index (χ0) is 12.1. The van der Waals surface area contributed by atoms with Gasteiger partial charge in [-0.05, 0) is 24.3 Å². The Morgan fingerprint density at radius 2 is 2.29 bits per heavy atom. The Morgan fingerprint density at radius 3 is 2.94 bits per heavy atom. The lowest BCUT2D eigenvalue weighted by Gasteiger charge is -2.03. The Hall–Kier alpha value is -1.81. The molecule has 88 valence electrons. The van der Waals surface area contributed by atoms with Crippen molar-refractivity contribution in [3.05, 3.63) is 53.2 Å². The summed E-state index contributed by atoms with van der Waals surface area (Å²) in [6.45, 7) is 0.523. The molecule has 1 amide bonds. The smallest absolute Gasteiger partial charge is 0.252 e. The van der Waals surface area contributed by atoms with Crippen molar-refractivity contribution in [3.63, 3.8) is 0 Å². The highest BCUT2D eigenvalue weighted by molar-refractivity contribution is 6.29. The summed E-state index contributed by atoms with van der Waals surface area (Å²) in [5.74, 6) is 0.681. The summed E-state index contributed by atoms with van der Waals surface area (Å²) in [5, 5.41) is 3.15. The zero-order valence-corrected chi connectivity index (χ0v) is 9.78. The number of halogens is 1. The number of aromatic nitrogens is 1. The molecule has 0 spiro atoms. The first-order valence-electron chi connectivity index (χ1n) is 5.18. The van der Waals surface area contributed by atoms with Crippen LogP contribution in [0.2, 0.25) is 5.15 Å². The quantitative estimate of drug-likeness (QED) is 0.847. The minimum absolute atomic E-state index is 0.166. The van der Waals surface area contributed by atoms with Gasteiger partial charge < -0.3 is 9.73 Å². The molecule has 0 radical (unpaired) electrons. The van der Waals surface area contributed by atoms with Crippen molar-refractivity contribution in [1.82, 2.24) is 10.3 Å². The number of carbonyl (C=O) groups is 1. The maximum atomic E-state index is 11.7. The summed E-state index contributed by atoms with van der Waals surface area (Å²) in [5.41, 5.74) is 0.494. The van der Waals surface area contributed by atoms with Crippen LogP contribution in [0.25, 0.3) is 0 Å². The molecule has 0 fully saturated rings. The molecule has 0 unspecified atom stereocenters. The number of nitrogens with one attached hydrogen (secondary N) is 1. The molecule has 0 aliphatic carbocycles. The van der Waals surface area contributed by atoms with Gasteiger partial charge in [-0.3, -0.25) is 4.79 Å². The van der Waals surface area contributed by atoms with E-state index in [4.69, 9.17) is 16.0 Å². The third kappa shape index (κ3) is 3.32. The minimum Gasteiger partial charge on any atom is -0.469 e. The minimum atomic E-state index is -0.166. The molecular formula is C12H11ClN2O2. The van der Waals surface area contributed by atoms with Crippen molar-refractivity contribution < 1.29 is 9.21 Å². The van der Waals surface area contributed by atoms with Gasteiger partial charge >= 0.3 is 0 Å². The van der Waals surface area contributed by atoms with Crippen LogP contribution in [0.1, 0.15) is 16.1 Å². The second kappa shape index (κ2) is 5.50. The highest BCUT2D eigenvalue weighted by Crippen LogP contribution is 2.05. The summed E-state index contributed by atoms with van der Waals surface area (Å²) >= 11 is 5.63. The number of amides is 1. The van der Waals surface area contributed by atoms with E-state index in [1.807, 2.05) is 12.1 Å². The molecule has 0 saturated heterocycles. The van der Waals surface area contributed by atoms with Crippen LogP contribution in [0.5, 0.6) is 0 Å². The van der Waals surface area contributed by atoms with Gasteiger partial charge in [-0.2, -0.15) is 0 Å². The first-order chi connectivity index (χ1) is 8.25. The highest BCUT2D eigenvalue weighted by atomic mass is 35.5.